The molecule has 0 aliphatic carbocycles. The molecule has 1 fully saturated rings. The number of thioether (sulfide) groups is 1. The molecule has 3 rings (SSSR count). The lowest BCUT2D eigenvalue weighted by molar-refractivity contribution is 0.0956. The first-order valence-electron chi connectivity index (χ1n) is 8.64. The van der Waals surface area contributed by atoms with Crippen molar-refractivity contribution in [3.8, 4) is 0 Å². The van der Waals surface area contributed by atoms with E-state index in [0.717, 1.165) is 18.6 Å². The highest BCUT2D eigenvalue weighted by atomic mass is 32.2. The molecule has 7 heteroatoms. The van der Waals surface area contributed by atoms with Crippen molar-refractivity contribution in [2.75, 3.05) is 25.4 Å². The lowest BCUT2D eigenvalue weighted by atomic mass is 10.2. The zero-order valence-electron chi connectivity index (χ0n) is 14.4. The molecule has 2 aromatic rings. The van der Waals surface area contributed by atoms with E-state index < -0.39 is 10.0 Å². The molecule has 1 saturated heterocycles. The summed E-state index contributed by atoms with van der Waals surface area (Å²) in [5, 5.41) is 2.86. The van der Waals surface area contributed by atoms with Crippen LogP contribution in [0.25, 0.3) is 0 Å². The Bertz CT molecular complexity index is 831. The minimum absolute atomic E-state index is 0.191. The van der Waals surface area contributed by atoms with Crippen LogP contribution in [0.2, 0.25) is 0 Å². The molecule has 0 bridgehead atoms. The van der Waals surface area contributed by atoms with Gasteiger partial charge in [-0.3, -0.25) is 4.79 Å². The number of nitrogens with one attached hydrogen (secondary N) is 1. The van der Waals surface area contributed by atoms with Gasteiger partial charge in [0.25, 0.3) is 5.91 Å². The van der Waals surface area contributed by atoms with Crippen LogP contribution in [0.3, 0.4) is 0 Å². The molecule has 0 unspecified atom stereocenters. The Balaban J connectivity index is 1.52. The fraction of sp³-hybridized carbons (Fsp3) is 0.316. The summed E-state index contributed by atoms with van der Waals surface area (Å²) in [4.78, 5) is 13.6. The highest BCUT2D eigenvalue weighted by Crippen LogP contribution is 2.21. The lowest BCUT2D eigenvalue weighted by Gasteiger charge is -2.15. The molecule has 26 heavy (non-hydrogen) atoms. The second-order valence-electron chi connectivity index (χ2n) is 6.05. The van der Waals surface area contributed by atoms with Gasteiger partial charge < -0.3 is 5.32 Å². The van der Waals surface area contributed by atoms with E-state index in [9.17, 15) is 13.2 Å². The molecule has 138 valence electrons. The van der Waals surface area contributed by atoms with E-state index in [2.05, 4.69) is 5.32 Å². The van der Waals surface area contributed by atoms with Crippen molar-refractivity contribution in [1.29, 1.82) is 0 Å². The summed E-state index contributed by atoms with van der Waals surface area (Å²) in [6, 6.07) is 16.2. The fourth-order valence-electron chi connectivity index (χ4n) is 2.81. The Morgan fingerprint density at radius 1 is 1.00 bits per heavy atom. The topological polar surface area (TPSA) is 66.5 Å². The van der Waals surface area contributed by atoms with Crippen LogP contribution >= 0.6 is 11.8 Å². The van der Waals surface area contributed by atoms with Gasteiger partial charge in [0.1, 0.15) is 0 Å². The number of carbonyl (C=O) groups excluding carboxylic acids is 1. The second-order valence-corrected chi connectivity index (χ2v) is 9.16. The van der Waals surface area contributed by atoms with Crippen molar-refractivity contribution in [2.24, 2.45) is 0 Å². The van der Waals surface area contributed by atoms with Crippen LogP contribution in [0, 0.1) is 0 Å². The minimum atomic E-state index is -3.43. The third kappa shape index (κ3) is 4.66. The first kappa shape index (κ1) is 18.9. The Hall–Kier alpha value is -1.83. The molecule has 1 aliphatic rings. The predicted octanol–water partition coefficient (Wildman–Crippen LogP) is 2.99. The second kappa shape index (κ2) is 8.70. The zero-order valence-corrected chi connectivity index (χ0v) is 16.1. The van der Waals surface area contributed by atoms with Crippen molar-refractivity contribution in [3.05, 3.63) is 60.2 Å². The quantitative estimate of drug-likeness (QED) is 0.583. The molecule has 2 aromatic carbocycles. The van der Waals surface area contributed by atoms with Crippen LogP contribution in [0.5, 0.6) is 0 Å². The number of carbonyl (C=O) groups is 1. The van der Waals surface area contributed by atoms with Gasteiger partial charge in [0.05, 0.1) is 4.90 Å². The van der Waals surface area contributed by atoms with E-state index in [-0.39, 0.29) is 10.8 Å². The van der Waals surface area contributed by atoms with Crippen molar-refractivity contribution >= 4 is 27.7 Å². The largest absolute Gasteiger partial charge is 0.351 e. The van der Waals surface area contributed by atoms with E-state index in [0.29, 0.717) is 25.2 Å². The molecule has 5 nitrogen and oxygen atoms in total. The van der Waals surface area contributed by atoms with Gasteiger partial charge in [-0.05, 0) is 49.2 Å². The van der Waals surface area contributed by atoms with Crippen molar-refractivity contribution in [2.45, 2.75) is 22.6 Å². The molecule has 0 aromatic heterocycles. The van der Waals surface area contributed by atoms with Crippen LogP contribution in [-0.4, -0.2) is 44.0 Å². The number of benzene rings is 2. The van der Waals surface area contributed by atoms with E-state index >= 15 is 0 Å². The van der Waals surface area contributed by atoms with Gasteiger partial charge in [-0.15, -0.1) is 11.8 Å². The van der Waals surface area contributed by atoms with Gasteiger partial charge >= 0.3 is 0 Å². The normalized spacial score (nSPS) is 15.1. The number of nitrogens with zero attached hydrogens (tertiary/aromatic N) is 1. The highest BCUT2D eigenvalue weighted by molar-refractivity contribution is 7.99. The monoisotopic (exact) mass is 390 g/mol. The Morgan fingerprint density at radius 2 is 1.65 bits per heavy atom. The minimum Gasteiger partial charge on any atom is -0.351 e. The molecular weight excluding hydrogens is 368 g/mol. The number of sulfonamides is 1. The zero-order chi connectivity index (χ0) is 18.4. The Kier molecular flexibility index (Phi) is 6.34. The van der Waals surface area contributed by atoms with Crippen LogP contribution in [-0.2, 0) is 10.0 Å². The average molecular weight is 391 g/mol. The van der Waals surface area contributed by atoms with Gasteiger partial charge in [-0.1, -0.05) is 18.2 Å². The van der Waals surface area contributed by atoms with Gasteiger partial charge in [0, 0.05) is 35.8 Å². The maximum atomic E-state index is 12.5. The SMILES string of the molecule is O=C(NCCSc1ccccc1)c1ccc(S(=O)(=O)N2CCCC2)cc1. The summed E-state index contributed by atoms with van der Waals surface area (Å²) >= 11 is 1.68. The van der Waals surface area contributed by atoms with Crippen LogP contribution in [0.1, 0.15) is 23.2 Å². The Labute approximate surface area is 158 Å². The maximum absolute atomic E-state index is 12.5. The van der Waals surface area contributed by atoms with E-state index in [1.807, 2.05) is 30.3 Å². The smallest absolute Gasteiger partial charge is 0.251 e. The summed E-state index contributed by atoms with van der Waals surface area (Å²) in [5.41, 5.74) is 0.468. The molecule has 1 heterocycles. The van der Waals surface area contributed by atoms with Gasteiger partial charge in [0.15, 0.2) is 0 Å². The van der Waals surface area contributed by atoms with Crippen molar-refractivity contribution in [3.63, 3.8) is 0 Å². The first-order chi connectivity index (χ1) is 12.6. The molecule has 0 spiro atoms. The molecule has 1 aliphatic heterocycles. The summed E-state index contributed by atoms with van der Waals surface area (Å²) in [7, 11) is -3.43. The van der Waals surface area contributed by atoms with Gasteiger partial charge in [-0.25, -0.2) is 8.42 Å². The standard InChI is InChI=1S/C19H22N2O3S2/c22-19(20-12-15-25-17-6-2-1-3-7-17)16-8-10-18(11-9-16)26(23,24)21-13-4-5-14-21/h1-3,6-11H,4-5,12-15H2,(H,20,22). The van der Waals surface area contributed by atoms with Gasteiger partial charge in [0.2, 0.25) is 10.0 Å². The molecule has 1 amide bonds. The number of amides is 1. The molecule has 1 N–H and O–H groups in total. The summed E-state index contributed by atoms with van der Waals surface area (Å²) < 4.78 is 26.5. The van der Waals surface area contributed by atoms with Crippen molar-refractivity contribution < 1.29 is 13.2 Å². The van der Waals surface area contributed by atoms with E-state index in [1.54, 1.807) is 23.9 Å². The average Bonchev–Trinajstić information content (AvgIpc) is 3.22. The molecule has 0 radical (unpaired) electrons. The van der Waals surface area contributed by atoms with E-state index in [1.165, 1.54) is 21.3 Å². The Morgan fingerprint density at radius 3 is 2.31 bits per heavy atom. The predicted molar refractivity (Wildman–Crippen MR) is 104 cm³/mol. The highest BCUT2D eigenvalue weighted by Gasteiger charge is 2.27. The summed E-state index contributed by atoms with van der Waals surface area (Å²) in [6.07, 6.45) is 1.81. The molecule has 0 saturated carbocycles. The van der Waals surface area contributed by atoms with E-state index in [4.69, 9.17) is 0 Å². The van der Waals surface area contributed by atoms with Crippen LogP contribution in [0.4, 0.5) is 0 Å². The maximum Gasteiger partial charge on any atom is 0.251 e. The summed E-state index contributed by atoms with van der Waals surface area (Å²) in [5.74, 6) is 0.584. The number of hydrogen-bond donors (Lipinski definition) is 1. The number of hydrogen-bond acceptors (Lipinski definition) is 4. The van der Waals surface area contributed by atoms with Crippen LogP contribution in [0.15, 0.2) is 64.4 Å². The summed E-state index contributed by atoms with van der Waals surface area (Å²) in [6.45, 7) is 1.69. The van der Waals surface area contributed by atoms with Gasteiger partial charge in [-0.2, -0.15) is 4.31 Å². The first-order valence-corrected chi connectivity index (χ1v) is 11.1. The third-order valence-electron chi connectivity index (χ3n) is 4.22. The molecule has 0 atom stereocenters. The fourth-order valence-corrected chi connectivity index (χ4v) is 5.11. The van der Waals surface area contributed by atoms with Crippen molar-refractivity contribution in [1.82, 2.24) is 9.62 Å². The lowest BCUT2D eigenvalue weighted by Crippen LogP contribution is -2.28. The van der Waals surface area contributed by atoms with Crippen LogP contribution < -0.4 is 5.32 Å². The number of rotatable bonds is 7. The third-order valence-corrected chi connectivity index (χ3v) is 7.15. The molecular formula is C19H22N2O3S2.